The Morgan fingerprint density at radius 2 is 2.04 bits per heavy atom. The predicted octanol–water partition coefficient (Wildman–Crippen LogP) is 0.804. The van der Waals surface area contributed by atoms with Crippen LogP contribution in [0.15, 0.2) is 18.2 Å². The molecule has 0 aromatic heterocycles. The average molecular weight is 326 g/mol. The SMILES string of the molecule is CCCC(=O)NC(=O)C(=O)c1cccc(NOOOO)c1C=O. The van der Waals surface area contributed by atoms with E-state index in [0.29, 0.717) is 12.7 Å². The van der Waals surface area contributed by atoms with E-state index in [1.54, 1.807) is 6.92 Å². The summed E-state index contributed by atoms with van der Waals surface area (Å²) < 4.78 is 0. The van der Waals surface area contributed by atoms with E-state index in [9.17, 15) is 19.2 Å². The largest absolute Gasteiger partial charge is 0.298 e. The van der Waals surface area contributed by atoms with Gasteiger partial charge in [0.05, 0.1) is 11.3 Å². The number of hydrogen-bond acceptors (Lipinski definition) is 9. The van der Waals surface area contributed by atoms with E-state index in [1.807, 2.05) is 5.32 Å². The minimum absolute atomic E-state index is 0.0319. The van der Waals surface area contributed by atoms with Crippen LogP contribution in [-0.2, 0) is 24.7 Å². The number of imide groups is 1. The molecule has 0 spiro atoms. The molecule has 1 aromatic rings. The van der Waals surface area contributed by atoms with Crippen molar-refractivity contribution in [3.8, 4) is 0 Å². The number of anilines is 1. The molecule has 0 saturated carbocycles. The van der Waals surface area contributed by atoms with Gasteiger partial charge in [-0.3, -0.25) is 24.5 Å². The number of hydrogen-bond donors (Lipinski definition) is 3. The molecule has 10 nitrogen and oxygen atoms in total. The summed E-state index contributed by atoms with van der Waals surface area (Å²) in [5.41, 5.74) is 1.58. The Labute approximate surface area is 130 Å². The maximum Gasteiger partial charge on any atom is 0.298 e. The number of rotatable bonds is 9. The van der Waals surface area contributed by atoms with Crippen LogP contribution in [0.5, 0.6) is 0 Å². The number of Topliss-reactive ketones (excluding diaryl/α,β-unsaturated/α-hetero) is 1. The van der Waals surface area contributed by atoms with E-state index < -0.39 is 17.6 Å². The molecule has 10 heteroatoms. The van der Waals surface area contributed by atoms with Crippen molar-refractivity contribution >= 4 is 29.6 Å². The first kappa shape index (κ1) is 18.4. The van der Waals surface area contributed by atoms with Gasteiger partial charge in [0.1, 0.15) is 0 Å². The van der Waals surface area contributed by atoms with Gasteiger partial charge in [-0.1, -0.05) is 18.0 Å². The second-order valence-corrected chi connectivity index (χ2v) is 4.17. The molecule has 0 aliphatic carbocycles. The number of aldehydes is 1. The third-order valence-electron chi connectivity index (χ3n) is 2.62. The molecule has 1 aromatic carbocycles. The molecular weight excluding hydrogens is 312 g/mol. The van der Waals surface area contributed by atoms with E-state index in [2.05, 4.69) is 20.5 Å². The Balaban J connectivity index is 2.95. The Kier molecular flexibility index (Phi) is 7.50. The zero-order valence-electron chi connectivity index (χ0n) is 12.0. The third kappa shape index (κ3) is 5.23. The van der Waals surface area contributed by atoms with Crippen LogP contribution in [0.25, 0.3) is 0 Å². The van der Waals surface area contributed by atoms with Crippen LogP contribution >= 0.6 is 0 Å². The molecule has 0 atom stereocenters. The van der Waals surface area contributed by atoms with Crippen molar-refractivity contribution in [1.82, 2.24) is 5.32 Å². The zero-order chi connectivity index (χ0) is 17.2. The smallest absolute Gasteiger partial charge is 0.298 e. The van der Waals surface area contributed by atoms with Gasteiger partial charge in [0.25, 0.3) is 11.7 Å². The summed E-state index contributed by atoms with van der Waals surface area (Å²) in [6.45, 7) is 1.74. The van der Waals surface area contributed by atoms with E-state index >= 15 is 0 Å². The fourth-order valence-corrected chi connectivity index (χ4v) is 1.65. The minimum atomic E-state index is -1.15. The Bertz CT molecular complexity index is 602. The van der Waals surface area contributed by atoms with Crippen LogP contribution in [-0.4, -0.2) is 29.1 Å². The molecule has 23 heavy (non-hydrogen) atoms. The molecule has 1 rings (SSSR count). The Hall–Kier alpha value is -2.66. The standard InChI is InChI=1S/C13H14N2O8/c1-2-4-11(17)14-13(19)12(18)8-5-3-6-10(9(8)7-16)15-21-23-22-20/h3,5-7,15,20H,2,4H2,1H3,(H,14,17,19). The van der Waals surface area contributed by atoms with Crippen molar-refractivity contribution in [2.24, 2.45) is 0 Å². The van der Waals surface area contributed by atoms with E-state index in [1.165, 1.54) is 18.2 Å². The van der Waals surface area contributed by atoms with Crippen LogP contribution in [0, 0.1) is 0 Å². The third-order valence-corrected chi connectivity index (χ3v) is 2.62. The highest BCUT2D eigenvalue weighted by Crippen LogP contribution is 2.19. The lowest BCUT2D eigenvalue weighted by atomic mass is 10.0. The lowest BCUT2D eigenvalue weighted by Crippen LogP contribution is -2.36. The second kappa shape index (κ2) is 9.38. The van der Waals surface area contributed by atoms with Crippen LogP contribution in [0.4, 0.5) is 5.69 Å². The summed E-state index contributed by atoms with van der Waals surface area (Å²) >= 11 is 0. The maximum absolute atomic E-state index is 12.1. The molecule has 3 N–H and O–H groups in total. The molecule has 0 saturated heterocycles. The number of carbonyl (C=O) groups excluding carboxylic acids is 4. The van der Waals surface area contributed by atoms with E-state index in [-0.39, 0.29) is 23.2 Å². The molecule has 0 heterocycles. The molecule has 124 valence electrons. The fourth-order valence-electron chi connectivity index (χ4n) is 1.65. The van der Waals surface area contributed by atoms with Crippen molar-refractivity contribution in [2.45, 2.75) is 19.8 Å². The molecular formula is C13H14N2O8. The van der Waals surface area contributed by atoms with Crippen molar-refractivity contribution in [2.75, 3.05) is 5.48 Å². The summed E-state index contributed by atoms with van der Waals surface area (Å²) in [5.74, 6) is -2.82. The van der Waals surface area contributed by atoms with Gasteiger partial charge in [0.2, 0.25) is 5.91 Å². The molecule has 2 amide bonds. The number of benzene rings is 1. The summed E-state index contributed by atoms with van der Waals surface area (Å²) in [5, 5.41) is 16.7. The van der Waals surface area contributed by atoms with Gasteiger partial charge in [-0.05, 0) is 28.6 Å². The van der Waals surface area contributed by atoms with Gasteiger partial charge in [0.15, 0.2) is 6.29 Å². The van der Waals surface area contributed by atoms with E-state index in [0.717, 1.165) is 0 Å². The van der Waals surface area contributed by atoms with Gasteiger partial charge in [0, 0.05) is 12.0 Å². The Morgan fingerprint density at radius 3 is 2.65 bits per heavy atom. The molecule has 0 fully saturated rings. The molecule has 0 aliphatic heterocycles. The average Bonchev–Trinajstić information content (AvgIpc) is 2.54. The van der Waals surface area contributed by atoms with Gasteiger partial charge < -0.3 is 0 Å². The fraction of sp³-hybridized carbons (Fsp3) is 0.231. The van der Waals surface area contributed by atoms with Gasteiger partial charge >= 0.3 is 0 Å². The quantitative estimate of drug-likeness (QED) is 0.150. The topological polar surface area (TPSA) is 140 Å². The van der Waals surface area contributed by atoms with Crippen molar-refractivity contribution in [3.05, 3.63) is 29.3 Å². The summed E-state index contributed by atoms with van der Waals surface area (Å²) in [7, 11) is 0. The lowest BCUT2D eigenvalue weighted by Gasteiger charge is -2.09. The van der Waals surface area contributed by atoms with Crippen LogP contribution in [0.2, 0.25) is 0 Å². The summed E-state index contributed by atoms with van der Waals surface area (Å²) in [4.78, 5) is 50.5. The molecule has 0 radical (unpaired) electrons. The monoisotopic (exact) mass is 326 g/mol. The normalized spacial score (nSPS) is 10.0. The molecule has 0 unspecified atom stereocenters. The highest BCUT2D eigenvalue weighted by Gasteiger charge is 2.22. The highest BCUT2D eigenvalue weighted by atomic mass is 17.7. The first-order chi connectivity index (χ1) is 11.0. The highest BCUT2D eigenvalue weighted by molar-refractivity contribution is 6.45. The van der Waals surface area contributed by atoms with Crippen molar-refractivity contribution in [1.29, 1.82) is 0 Å². The first-order valence-electron chi connectivity index (χ1n) is 6.41. The molecule has 0 aliphatic rings. The first-order valence-corrected chi connectivity index (χ1v) is 6.41. The predicted molar refractivity (Wildman–Crippen MR) is 73.7 cm³/mol. The van der Waals surface area contributed by atoms with Crippen LogP contribution < -0.4 is 10.8 Å². The number of ketones is 1. The second-order valence-electron chi connectivity index (χ2n) is 4.17. The van der Waals surface area contributed by atoms with Crippen LogP contribution in [0.1, 0.15) is 40.5 Å². The van der Waals surface area contributed by atoms with Crippen molar-refractivity contribution in [3.63, 3.8) is 0 Å². The minimum Gasteiger partial charge on any atom is -0.298 e. The van der Waals surface area contributed by atoms with Gasteiger partial charge in [-0.25, -0.2) is 10.7 Å². The van der Waals surface area contributed by atoms with E-state index in [4.69, 9.17) is 5.26 Å². The number of nitrogens with one attached hydrogen (secondary N) is 2. The van der Waals surface area contributed by atoms with Crippen LogP contribution in [0.3, 0.4) is 0 Å². The number of carbonyl (C=O) groups is 4. The van der Waals surface area contributed by atoms with Gasteiger partial charge in [-0.15, -0.1) is 0 Å². The van der Waals surface area contributed by atoms with Gasteiger partial charge in [-0.2, -0.15) is 0 Å². The maximum atomic E-state index is 12.1. The van der Waals surface area contributed by atoms with Crippen molar-refractivity contribution < 1.29 is 39.5 Å². The Morgan fingerprint density at radius 1 is 1.30 bits per heavy atom. The zero-order valence-corrected chi connectivity index (χ0v) is 12.0. The molecule has 0 bridgehead atoms. The lowest BCUT2D eigenvalue weighted by molar-refractivity contribution is -0.617. The summed E-state index contributed by atoms with van der Waals surface area (Å²) in [6, 6.07) is 3.92. The summed E-state index contributed by atoms with van der Waals surface area (Å²) in [6.07, 6.45) is 0.907. The number of amides is 2.